The van der Waals surface area contributed by atoms with E-state index in [4.69, 9.17) is 9.15 Å². The molecular weight excluding hydrogens is 260 g/mol. The molecule has 1 aliphatic rings. The first-order valence-electron chi connectivity index (χ1n) is 6.81. The Hall–Kier alpha value is -1.53. The fourth-order valence-corrected chi connectivity index (χ4v) is 2.25. The highest BCUT2D eigenvalue weighted by Gasteiger charge is 2.37. The summed E-state index contributed by atoms with van der Waals surface area (Å²) in [6.07, 6.45) is 4.55. The Morgan fingerprint density at radius 2 is 2.30 bits per heavy atom. The average Bonchev–Trinajstić information content (AvgIpc) is 2.90. The summed E-state index contributed by atoms with van der Waals surface area (Å²) in [6, 6.07) is 3.05. The Labute approximate surface area is 118 Å². The van der Waals surface area contributed by atoms with Crippen LogP contribution in [0.2, 0.25) is 0 Å². The molecule has 2 rings (SSSR count). The summed E-state index contributed by atoms with van der Waals surface area (Å²) in [5, 5.41) is 15.6. The van der Waals surface area contributed by atoms with Gasteiger partial charge < -0.3 is 24.9 Å². The monoisotopic (exact) mass is 282 g/mol. The van der Waals surface area contributed by atoms with Gasteiger partial charge in [-0.2, -0.15) is 0 Å². The van der Waals surface area contributed by atoms with Gasteiger partial charge >= 0.3 is 6.03 Å². The summed E-state index contributed by atoms with van der Waals surface area (Å²) in [5.74, 6) is 0.421. The highest BCUT2D eigenvalue weighted by atomic mass is 16.5. The molecule has 20 heavy (non-hydrogen) atoms. The third-order valence-corrected chi connectivity index (χ3v) is 3.91. The molecule has 112 valence electrons. The molecule has 0 bridgehead atoms. The fraction of sp³-hybridized carbons (Fsp3) is 0.643. The first-order valence-corrected chi connectivity index (χ1v) is 6.81. The summed E-state index contributed by atoms with van der Waals surface area (Å²) < 4.78 is 10.6. The lowest BCUT2D eigenvalue weighted by Gasteiger charge is -2.40. The Bertz CT molecular complexity index is 433. The van der Waals surface area contributed by atoms with Crippen molar-refractivity contribution in [2.75, 3.05) is 20.2 Å². The quantitative estimate of drug-likeness (QED) is 0.735. The number of ether oxygens (including phenoxy) is 1. The molecule has 1 fully saturated rings. The third kappa shape index (κ3) is 3.32. The van der Waals surface area contributed by atoms with Gasteiger partial charge in [0.05, 0.1) is 18.4 Å². The number of carbonyl (C=O) groups is 1. The van der Waals surface area contributed by atoms with Crippen LogP contribution < -0.4 is 10.6 Å². The van der Waals surface area contributed by atoms with Crippen molar-refractivity contribution in [1.29, 1.82) is 0 Å². The lowest BCUT2D eigenvalue weighted by molar-refractivity contribution is -0.0674. The van der Waals surface area contributed by atoms with E-state index in [1.807, 2.05) is 0 Å². The zero-order valence-electron chi connectivity index (χ0n) is 11.9. The van der Waals surface area contributed by atoms with Crippen LogP contribution in [0.1, 0.15) is 31.9 Å². The maximum atomic E-state index is 11.7. The van der Waals surface area contributed by atoms with Crippen molar-refractivity contribution in [3.63, 3.8) is 0 Å². The van der Waals surface area contributed by atoms with Crippen molar-refractivity contribution < 1.29 is 19.1 Å². The van der Waals surface area contributed by atoms with Crippen molar-refractivity contribution in [2.45, 2.75) is 37.4 Å². The standard InChI is InChI=1S/C14H22N2O4/c1-13(18,11-5-3-8-20-11)9-15-12(17)16-10-14(19-2)6-4-7-14/h3,5,8,18H,4,6-7,9-10H2,1-2H3,(H2,15,16,17). The number of furan rings is 1. The molecular formula is C14H22N2O4. The van der Waals surface area contributed by atoms with Crippen molar-refractivity contribution in [3.05, 3.63) is 24.2 Å². The van der Waals surface area contributed by atoms with E-state index in [0.717, 1.165) is 19.3 Å². The van der Waals surface area contributed by atoms with E-state index < -0.39 is 5.60 Å². The van der Waals surface area contributed by atoms with E-state index in [1.165, 1.54) is 6.26 Å². The van der Waals surface area contributed by atoms with Crippen molar-refractivity contribution in [1.82, 2.24) is 10.6 Å². The number of hydrogen-bond acceptors (Lipinski definition) is 4. The average molecular weight is 282 g/mol. The molecule has 1 atom stereocenters. The van der Waals surface area contributed by atoms with Gasteiger partial charge in [-0.3, -0.25) is 0 Å². The van der Waals surface area contributed by atoms with Gasteiger partial charge in [0.15, 0.2) is 0 Å². The number of nitrogens with one attached hydrogen (secondary N) is 2. The fourth-order valence-electron chi connectivity index (χ4n) is 2.25. The van der Waals surface area contributed by atoms with Crippen LogP contribution in [-0.2, 0) is 10.3 Å². The molecule has 6 heteroatoms. The van der Waals surface area contributed by atoms with Crippen molar-refractivity contribution >= 4 is 6.03 Å². The van der Waals surface area contributed by atoms with Gasteiger partial charge in [0.25, 0.3) is 0 Å². The largest absolute Gasteiger partial charge is 0.466 e. The van der Waals surface area contributed by atoms with E-state index in [-0.39, 0.29) is 18.2 Å². The third-order valence-electron chi connectivity index (χ3n) is 3.91. The van der Waals surface area contributed by atoms with Crippen LogP contribution in [0.5, 0.6) is 0 Å². The highest BCUT2D eigenvalue weighted by Crippen LogP contribution is 2.34. The number of carbonyl (C=O) groups excluding carboxylic acids is 1. The van der Waals surface area contributed by atoms with Gasteiger partial charge in [-0.05, 0) is 38.3 Å². The summed E-state index contributed by atoms with van der Waals surface area (Å²) in [5.41, 5.74) is -1.43. The zero-order valence-corrected chi connectivity index (χ0v) is 11.9. The summed E-state index contributed by atoms with van der Waals surface area (Å²) in [7, 11) is 1.67. The topological polar surface area (TPSA) is 83.7 Å². The van der Waals surface area contributed by atoms with E-state index >= 15 is 0 Å². The summed E-state index contributed by atoms with van der Waals surface area (Å²) in [4.78, 5) is 11.7. The van der Waals surface area contributed by atoms with Crippen LogP contribution in [0.25, 0.3) is 0 Å². The molecule has 2 amide bonds. The molecule has 1 heterocycles. The number of methoxy groups -OCH3 is 1. The molecule has 1 aromatic rings. The summed E-state index contributed by atoms with van der Waals surface area (Å²) in [6.45, 7) is 2.15. The van der Waals surface area contributed by atoms with Gasteiger partial charge in [-0.15, -0.1) is 0 Å². The maximum absolute atomic E-state index is 11.7. The minimum absolute atomic E-state index is 0.0757. The molecule has 1 aliphatic carbocycles. The Balaban J connectivity index is 1.75. The molecule has 0 spiro atoms. The van der Waals surface area contributed by atoms with Crippen LogP contribution in [0.15, 0.2) is 22.8 Å². The predicted molar refractivity (Wildman–Crippen MR) is 73.3 cm³/mol. The normalized spacial score (nSPS) is 19.8. The predicted octanol–water partition coefficient (Wildman–Crippen LogP) is 1.36. The van der Waals surface area contributed by atoms with Crippen LogP contribution in [-0.4, -0.2) is 36.9 Å². The van der Waals surface area contributed by atoms with E-state index in [0.29, 0.717) is 12.3 Å². The zero-order chi connectivity index (χ0) is 14.6. The van der Waals surface area contributed by atoms with Gasteiger partial charge in [-0.1, -0.05) is 0 Å². The minimum atomic E-state index is -1.23. The van der Waals surface area contributed by atoms with Gasteiger partial charge in [-0.25, -0.2) is 4.79 Å². The Morgan fingerprint density at radius 1 is 1.55 bits per heavy atom. The minimum Gasteiger partial charge on any atom is -0.466 e. The van der Waals surface area contributed by atoms with Crippen molar-refractivity contribution in [2.24, 2.45) is 0 Å². The number of urea groups is 1. The second-order valence-corrected chi connectivity index (χ2v) is 5.53. The maximum Gasteiger partial charge on any atom is 0.315 e. The highest BCUT2D eigenvalue weighted by molar-refractivity contribution is 5.74. The van der Waals surface area contributed by atoms with E-state index in [1.54, 1.807) is 26.2 Å². The number of amides is 2. The molecule has 0 aromatic carbocycles. The lowest BCUT2D eigenvalue weighted by Crippen LogP contribution is -2.52. The van der Waals surface area contributed by atoms with E-state index in [2.05, 4.69) is 10.6 Å². The Kier molecular flexibility index (Phi) is 4.35. The van der Waals surface area contributed by atoms with Crippen molar-refractivity contribution in [3.8, 4) is 0 Å². The second kappa shape index (κ2) is 5.85. The molecule has 0 aliphatic heterocycles. The van der Waals surface area contributed by atoms with E-state index in [9.17, 15) is 9.90 Å². The lowest BCUT2D eigenvalue weighted by atomic mass is 9.80. The van der Waals surface area contributed by atoms with Crippen LogP contribution >= 0.6 is 0 Å². The SMILES string of the molecule is COC1(CNC(=O)NCC(C)(O)c2ccco2)CCC1. The first-order chi connectivity index (χ1) is 9.47. The molecule has 6 nitrogen and oxygen atoms in total. The molecule has 1 aromatic heterocycles. The Morgan fingerprint density at radius 3 is 2.80 bits per heavy atom. The second-order valence-electron chi connectivity index (χ2n) is 5.53. The van der Waals surface area contributed by atoms with Crippen LogP contribution in [0, 0.1) is 0 Å². The van der Waals surface area contributed by atoms with Gasteiger partial charge in [0, 0.05) is 13.7 Å². The molecule has 1 unspecified atom stereocenters. The van der Waals surface area contributed by atoms with Gasteiger partial charge in [0.1, 0.15) is 11.4 Å². The number of aliphatic hydroxyl groups is 1. The number of hydrogen-bond donors (Lipinski definition) is 3. The summed E-state index contributed by atoms with van der Waals surface area (Å²) >= 11 is 0. The van der Waals surface area contributed by atoms with Crippen LogP contribution in [0.4, 0.5) is 4.79 Å². The smallest absolute Gasteiger partial charge is 0.315 e. The number of rotatable bonds is 6. The first kappa shape index (κ1) is 14.9. The molecule has 1 saturated carbocycles. The molecule has 3 N–H and O–H groups in total. The molecule has 0 radical (unpaired) electrons. The van der Waals surface area contributed by atoms with Crippen LogP contribution in [0.3, 0.4) is 0 Å². The molecule has 0 saturated heterocycles. The van der Waals surface area contributed by atoms with Gasteiger partial charge in [0.2, 0.25) is 0 Å².